The molecule has 1 amide bonds. The predicted molar refractivity (Wildman–Crippen MR) is 120 cm³/mol. The van der Waals surface area contributed by atoms with Gasteiger partial charge in [-0.15, -0.1) is 0 Å². The molecule has 2 atom stereocenters. The van der Waals surface area contributed by atoms with Crippen molar-refractivity contribution in [3.63, 3.8) is 0 Å². The summed E-state index contributed by atoms with van der Waals surface area (Å²) in [5.74, 6) is 1.23. The molecule has 2 heterocycles. The van der Waals surface area contributed by atoms with Gasteiger partial charge in [-0.3, -0.25) is 13.9 Å². The van der Waals surface area contributed by atoms with E-state index in [2.05, 4.69) is 10.3 Å². The van der Waals surface area contributed by atoms with Gasteiger partial charge in [0.05, 0.1) is 19.8 Å². The highest BCUT2D eigenvalue weighted by atomic mass is 31.2. The third-order valence-electron chi connectivity index (χ3n) is 4.71. The van der Waals surface area contributed by atoms with Gasteiger partial charge in [-0.1, -0.05) is 6.08 Å². The number of nitrogens with zero attached hydrogens (tertiary/aromatic N) is 2. The molecular weight excluding hydrogens is 437 g/mol. The largest absolute Gasteiger partial charge is 0.353 e. The molecule has 0 saturated carbocycles. The molecule has 1 fully saturated rings. The van der Waals surface area contributed by atoms with E-state index in [1.165, 1.54) is 17.3 Å². The van der Waals surface area contributed by atoms with Gasteiger partial charge >= 0.3 is 13.3 Å². The smallest absolute Gasteiger partial charge is 0.353 e. The van der Waals surface area contributed by atoms with Crippen LogP contribution < -0.4 is 11.0 Å². The van der Waals surface area contributed by atoms with Crippen LogP contribution in [0.25, 0.3) is 0 Å². The minimum atomic E-state index is -3.34. The van der Waals surface area contributed by atoms with E-state index in [-0.39, 0.29) is 37.1 Å². The maximum absolute atomic E-state index is 12.8. The molecule has 0 aromatic carbocycles. The Labute approximate surface area is 188 Å². The molecule has 32 heavy (non-hydrogen) atoms. The molecule has 1 aromatic heterocycles. The van der Waals surface area contributed by atoms with Gasteiger partial charge in [-0.2, -0.15) is 4.98 Å². The van der Waals surface area contributed by atoms with E-state index in [4.69, 9.17) is 18.5 Å². The highest BCUT2D eigenvalue weighted by Crippen LogP contribution is 2.49. The molecule has 1 aliphatic heterocycles. The fourth-order valence-electron chi connectivity index (χ4n) is 3.17. The summed E-state index contributed by atoms with van der Waals surface area (Å²) >= 11 is 0. The second kappa shape index (κ2) is 13.6. The van der Waals surface area contributed by atoms with Crippen LogP contribution in [0, 0.1) is 5.92 Å². The minimum absolute atomic E-state index is 0.156. The maximum atomic E-state index is 12.8. The number of hydrogen-bond acceptors (Lipinski definition) is 8. The standard InChI is InChI=1S/C21H34N3O7P/c1-4-30-32(27,31-5-2)15-11-18(16-29-20-8-6-7-14-28-20)9-12-24-13-10-19(22-17(3)25)23-21(24)26/h10-11,13,15,18,20H,4-9,12,14,16H2,1-3H3,(H,22,23,25,26)/t18-,20+/m0/s1. The highest BCUT2D eigenvalue weighted by Gasteiger charge is 2.21. The molecule has 1 saturated heterocycles. The van der Waals surface area contributed by atoms with Crippen molar-refractivity contribution < 1.29 is 27.9 Å². The van der Waals surface area contributed by atoms with Crippen LogP contribution in [0.3, 0.4) is 0 Å². The molecule has 10 nitrogen and oxygen atoms in total. The number of nitrogens with one attached hydrogen (secondary N) is 1. The van der Waals surface area contributed by atoms with Gasteiger partial charge in [0.2, 0.25) is 5.91 Å². The van der Waals surface area contributed by atoms with E-state index in [1.54, 1.807) is 32.2 Å². The summed E-state index contributed by atoms with van der Waals surface area (Å²) in [6.07, 6.45) is 6.53. The third-order valence-corrected chi connectivity index (χ3v) is 6.49. The van der Waals surface area contributed by atoms with Crippen LogP contribution in [0.1, 0.15) is 46.5 Å². The first-order valence-electron chi connectivity index (χ1n) is 11.0. The summed E-state index contributed by atoms with van der Waals surface area (Å²) in [5, 5.41) is 2.49. The van der Waals surface area contributed by atoms with E-state index in [0.29, 0.717) is 26.2 Å². The molecule has 0 spiro atoms. The number of aromatic nitrogens is 2. The minimum Gasteiger partial charge on any atom is -0.353 e. The van der Waals surface area contributed by atoms with Crippen LogP contribution in [0.15, 0.2) is 29.0 Å². The predicted octanol–water partition coefficient (Wildman–Crippen LogP) is 3.53. The van der Waals surface area contributed by atoms with Crippen LogP contribution in [0.5, 0.6) is 0 Å². The Hall–Kier alpha value is -1.84. The SMILES string of the molecule is CCOP(=O)(C=C[C@H](CCn1ccc(NC(C)=O)nc1=O)CO[C@@H]1CCCCO1)OCC. The molecule has 1 aromatic rings. The highest BCUT2D eigenvalue weighted by molar-refractivity contribution is 7.57. The Bertz CT molecular complexity index is 842. The monoisotopic (exact) mass is 471 g/mol. The first-order chi connectivity index (χ1) is 15.3. The Morgan fingerprint density at radius 2 is 2.12 bits per heavy atom. The summed E-state index contributed by atoms with van der Waals surface area (Å²) in [7, 11) is -3.34. The van der Waals surface area contributed by atoms with E-state index >= 15 is 0 Å². The van der Waals surface area contributed by atoms with Gasteiger partial charge < -0.3 is 23.8 Å². The molecule has 0 aliphatic carbocycles. The Balaban J connectivity index is 2.07. The fourth-order valence-corrected chi connectivity index (χ4v) is 4.59. The zero-order valence-electron chi connectivity index (χ0n) is 19.0. The number of carbonyl (C=O) groups excluding carboxylic acids is 1. The molecule has 0 unspecified atom stereocenters. The van der Waals surface area contributed by atoms with E-state index in [0.717, 1.165) is 19.3 Å². The topological polar surface area (TPSA) is 118 Å². The molecule has 2 rings (SSSR count). The van der Waals surface area contributed by atoms with E-state index in [1.807, 2.05) is 0 Å². The summed E-state index contributed by atoms with van der Waals surface area (Å²) in [5.41, 5.74) is -0.468. The number of aryl methyl sites for hydroxylation is 1. The molecule has 180 valence electrons. The number of amides is 1. The fraction of sp³-hybridized carbons (Fsp3) is 0.667. The van der Waals surface area contributed by atoms with E-state index < -0.39 is 13.3 Å². The first kappa shape index (κ1) is 26.4. The molecule has 0 radical (unpaired) electrons. The second-order valence-corrected chi connectivity index (χ2v) is 9.26. The van der Waals surface area contributed by atoms with Gasteiger partial charge in [-0.25, -0.2) is 4.79 Å². The number of hydrogen-bond donors (Lipinski definition) is 1. The average Bonchev–Trinajstić information content (AvgIpc) is 2.75. The normalized spacial score (nSPS) is 18.0. The summed E-state index contributed by atoms with van der Waals surface area (Å²) < 4.78 is 36.4. The lowest BCUT2D eigenvalue weighted by molar-refractivity contribution is -0.167. The summed E-state index contributed by atoms with van der Waals surface area (Å²) in [6.45, 7) is 6.77. The maximum Gasteiger partial charge on any atom is 0.353 e. The Morgan fingerprint density at radius 1 is 1.38 bits per heavy atom. The van der Waals surface area contributed by atoms with Crippen molar-refractivity contribution in [3.8, 4) is 0 Å². The van der Waals surface area contributed by atoms with Crippen LogP contribution in [0.2, 0.25) is 0 Å². The van der Waals surface area contributed by atoms with Gasteiger partial charge in [-0.05, 0) is 45.6 Å². The Morgan fingerprint density at radius 3 is 2.72 bits per heavy atom. The van der Waals surface area contributed by atoms with Crippen LogP contribution >= 0.6 is 7.60 Å². The van der Waals surface area contributed by atoms with Crippen molar-refractivity contribution in [3.05, 3.63) is 34.6 Å². The van der Waals surface area contributed by atoms with Gasteiger partial charge in [0.15, 0.2) is 6.29 Å². The second-order valence-electron chi connectivity index (χ2n) is 7.37. The molecule has 1 aliphatic rings. The molecule has 1 N–H and O–H groups in total. The lowest BCUT2D eigenvalue weighted by Gasteiger charge is -2.25. The lowest BCUT2D eigenvalue weighted by atomic mass is 10.1. The quantitative estimate of drug-likeness (QED) is 0.434. The summed E-state index contributed by atoms with van der Waals surface area (Å²) in [4.78, 5) is 27.3. The molecule has 11 heteroatoms. The zero-order chi connectivity index (χ0) is 23.4. The van der Waals surface area contributed by atoms with Crippen LogP contribution in [0.4, 0.5) is 5.82 Å². The number of carbonyl (C=O) groups is 1. The van der Waals surface area contributed by atoms with Gasteiger partial charge in [0.1, 0.15) is 5.82 Å². The van der Waals surface area contributed by atoms with Crippen molar-refractivity contribution in [1.29, 1.82) is 0 Å². The van der Waals surface area contributed by atoms with Crippen molar-refractivity contribution in [2.24, 2.45) is 5.92 Å². The Kier molecular flexibility index (Phi) is 11.3. The first-order valence-corrected chi connectivity index (χ1v) is 12.6. The average molecular weight is 471 g/mol. The van der Waals surface area contributed by atoms with Crippen molar-refractivity contribution in [1.82, 2.24) is 9.55 Å². The third kappa shape index (κ3) is 9.34. The molecular formula is C21H34N3O7P. The zero-order valence-corrected chi connectivity index (χ0v) is 19.9. The van der Waals surface area contributed by atoms with Crippen molar-refractivity contribution in [2.45, 2.75) is 59.3 Å². The van der Waals surface area contributed by atoms with Gasteiger partial charge in [0, 0.05) is 38.0 Å². The van der Waals surface area contributed by atoms with Crippen LogP contribution in [-0.2, 0) is 34.4 Å². The van der Waals surface area contributed by atoms with E-state index in [9.17, 15) is 14.2 Å². The molecule has 0 bridgehead atoms. The van der Waals surface area contributed by atoms with Gasteiger partial charge in [0.25, 0.3) is 0 Å². The summed E-state index contributed by atoms with van der Waals surface area (Å²) in [6, 6.07) is 1.57. The van der Waals surface area contributed by atoms with Crippen molar-refractivity contribution >= 4 is 19.3 Å². The number of anilines is 1. The number of ether oxygens (including phenoxy) is 2. The number of rotatable bonds is 13. The van der Waals surface area contributed by atoms with Crippen LogP contribution in [-0.4, -0.2) is 48.2 Å². The van der Waals surface area contributed by atoms with Crippen molar-refractivity contribution in [2.75, 3.05) is 31.7 Å². The lowest BCUT2D eigenvalue weighted by Crippen LogP contribution is -2.27.